The number of H-pyrrole nitrogens is 1. The molecule has 0 atom stereocenters. The van der Waals surface area contributed by atoms with E-state index in [-0.39, 0.29) is 4.90 Å². The minimum atomic E-state index is -3.72. The molecule has 1 aliphatic rings. The third-order valence-electron chi connectivity index (χ3n) is 2.60. The molecule has 0 aliphatic carbocycles. The van der Waals surface area contributed by atoms with Crippen molar-refractivity contribution in [1.82, 2.24) is 10.2 Å². The van der Waals surface area contributed by atoms with Gasteiger partial charge in [-0.2, -0.15) is 13.8 Å². The lowest BCUT2D eigenvalue weighted by molar-refractivity contribution is 0.601. The summed E-state index contributed by atoms with van der Waals surface area (Å²) in [5.74, 6) is 0.347. The van der Waals surface area contributed by atoms with Crippen LogP contribution in [0.25, 0.3) is 0 Å². The van der Waals surface area contributed by atoms with Crippen molar-refractivity contribution in [2.45, 2.75) is 11.8 Å². The summed E-state index contributed by atoms with van der Waals surface area (Å²) in [6.45, 7) is 1.76. The molecule has 2 N–H and O–H groups in total. The molecule has 0 amide bonds. The normalized spacial score (nSPS) is 13.1. The molecule has 0 radical (unpaired) electrons. The van der Waals surface area contributed by atoms with Crippen LogP contribution in [0.15, 0.2) is 38.0 Å². The molecule has 2 heterocycles. The van der Waals surface area contributed by atoms with E-state index in [9.17, 15) is 8.42 Å². The number of sulfonamides is 1. The molecular formula is C10H9N5O2S2. The summed E-state index contributed by atoms with van der Waals surface area (Å²) in [6, 6.07) is 4.86. The Kier molecular flexibility index (Phi) is 2.72. The minimum Gasteiger partial charge on any atom is -0.263 e. The molecule has 0 saturated heterocycles. The average molecular weight is 295 g/mol. The molecule has 3 rings (SSSR count). The van der Waals surface area contributed by atoms with Crippen LogP contribution in [-0.4, -0.2) is 18.6 Å². The number of benzene rings is 1. The number of fused-ring (bicyclic) bond motifs is 1. The van der Waals surface area contributed by atoms with Gasteiger partial charge in [0.05, 0.1) is 17.6 Å². The predicted molar refractivity (Wildman–Crippen MR) is 72.1 cm³/mol. The molecule has 0 unspecified atom stereocenters. The van der Waals surface area contributed by atoms with Gasteiger partial charge in [0.2, 0.25) is 0 Å². The number of aryl methyl sites for hydroxylation is 1. The van der Waals surface area contributed by atoms with Gasteiger partial charge in [-0.05, 0) is 19.1 Å². The second-order valence-electron chi connectivity index (χ2n) is 3.92. The Morgan fingerprint density at radius 2 is 2.16 bits per heavy atom. The monoisotopic (exact) mass is 295 g/mol. The summed E-state index contributed by atoms with van der Waals surface area (Å²) in [4.78, 5) is 0.104. The van der Waals surface area contributed by atoms with E-state index in [2.05, 4.69) is 23.6 Å². The van der Waals surface area contributed by atoms with Crippen LogP contribution in [0.1, 0.15) is 5.56 Å². The fraction of sp³-hybridized carbons (Fsp3) is 0.100. The summed E-state index contributed by atoms with van der Waals surface area (Å²) in [7, 11) is -3.72. The van der Waals surface area contributed by atoms with Crippen LogP contribution >= 0.6 is 0 Å². The van der Waals surface area contributed by atoms with E-state index in [4.69, 9.17) is 0 Å². The van der Waals surface area contributed by atoms with Crippen LogP contribution in [0.3, 0.4) is 0 Å². The number of hydrogen-bond acceptors (Lipinski definition) is 5. The third kappa shape index (κ3) is 2.06. The Labute approximate surface area is 113 Å². The van der Waals surface area contributed by atoms with Crippen molar-refractivity contribution in [2.24, 2.45) is 8.73 Å². The van der Waals surface area contributed by atoms with Crippen molar-refractivity contribution in [3.05, 3.63) is 30.0 Å². The lowest BCUT2D eigenvalue weighted by atomic mass is 10.3. The second kappa shape index (κ2) is 4.28. The van der Waals surface area contributed by atoms with Crippen molar-refractivity contribution < 1.29 is 8.42 Å². The van der Waals surface area contributed by atoms with Gasteiger partial charge in [-0.1, -0.05) is 6.07 Å². The molecule has 9 heteroatoms. The summed E-state index contributed by atoms with van der Waals surface area (Å²) < 4.78 is 35.2. The van der Waals surface area contributed by atoms with Crippen LogP contribution in [0, 0.1) is 6.92 Å². The van der Waals surface area contributed by atoms with Gasteiger partial charge in [0, 0.05) is 5.56 Å². The third-order valence-corrected chi connectivity index (χ3v) is 4.53. The van der Waals surface area contributed by atoms with Crippen molar-refractivity contribution in [1.29, 1.82) is 0 Å². The van der Waals surface area contributed by atoms with Gasteiger partial charge >= 0.3 is 0 Å². The molecular weight excluding hydrogens is 286 g/mol. The number of aromatic nitrogens is 2. The highest BCUT2D eigenvalue weighted by Crippen LogP contribution is 2.37. The maximum absolute atomic E-state index is 12.3. The molecule has 19 heavy (non-hydrogen) atoms. The molecule has 1 aromatic carbocycles. The Morgan fingerprint density at radius 3 is 2.89 bits per heavy atom. The van der Waals surface area contributed by atoms with Crippen molar-refractivity contribution in [2.75, 3.05) is 4.72 Å². The zero-order valence-electron chi connectivity index (χ0n) is 9.78. The van der Waals surface area contributed by atoms with E-state index in [0.29, 0.717) is 22.8 Å². The maximum atomic E-state index is 12.3. The summed E-state index contributed by atoms with van der Waals surface area (Å²) >= 11 is 0.982. The molecule has 0 bridgehead atoms. The fourth-order valence-corrected chi connectivity index (χ4v) is 3.49. The van der Waals surface area contributed by atoms with Gasteiger partial charge in [-0.25, -0.2) is 8.42 Å². The highest BCUT2D eigenvalue weighted by molar-refractivity contribution is 7.93. The van der Waals surface area contributed by atoms with Gasteiger partial charge in [-0.15, -0.1) is 0 Å². The molecule has 0 spiro atoms. The molecule has 98 valence electrons. The number of rotatable bonds is 3. The first kappa shape index (κ1) is 12.1. The van der Waals surface area contributed by atoms with Gasteiger partial charge in [0.1, 0.15) is 22.1 Å². The van der Waals surface area contributed by atoms with Gasteiger partial charge in [0.15, 0.2) is 0 Å². The molecule has 0 fully saturated rings. The lowest BCUT2D eigenvalue weighted by Gasteiger charge is -2.08. The van der Waals surface area contributed by atoms with Crippen LogP contribution in [0.4, 0.5) is 17.2 Å². The molecule has 1 aliphatic heterocycles. The number of hydrogen-bond donors (Lipinski definition) is 2. The van der Waals surface area contributed by atoms with E-state index >= 15 is 0 Å². The largest absolute Gasteiger partial charge is 0.265 e. The first-order valence-electron chi connectivity index (χ1n) is 5.32. The Morgan fingerprint density at radius 1 is 1.32 bits per heavy atom. The summed E-state index contributed by atoms with van der Waals surface area (Å²) in [6.07, 6.45) is 1.54. The van der Waals surface area contributed by atoms with Crippen LogP contribution in [0.2, 0.25) is 0 Å². The number of aromatic amines is 1. The highest BCUT2D eigenvalue weighted by Gasteiger charge is 2.23. The Hall–Kier alpha value is -2.00. The molecule has 0 saturated carbocycles. The van der Waals surface area contributed by atoms with Crippen LogP contribution in [0.5, 0.6) is 0 Å². The van der Waals surface area contributed by atoms with E-state index in [1.165, 1.54) is 6.07 Å². The van der Waals surface area contributed by atoms with Crippen LogP contribution < -0.4 is 4.72 Å². The van der Waals surface area contributed by atoms with Crippen molar-refractivity contribution in [3.63, 3.8) is 0 Å². The zero-order valence-corrected chi connectivity index (χ0v) is 11.4. The number of nitrogens with one attached hydrogen (secondary N) is 2. The quantitative estimate of drug-likeness (QED) is 0.775. The first-order chi connectivity index (χ1) is 9.08. The summed E-state index contributed by atoms with van der Waals surface area (Å²) in [5.41, 5.74) is 1.65. The highest BCUT2D eigenvalue weighted by atomic mass is 32.2. The topological polar surface area (TPSA) is 99.6 Å². The van der Waals surface area contributed by atoms with Crippen LogP contribution in [-0.2, 0) is 21.4 Å². The van der Waals surface area contributed by atoms with Gasteiger partial charge in [-0.3, -0.25) is 9.82 Å². The second-order valence-corrected chi connectivity index (χ2v) is 6.10. The molecule has 7 nitrogen and oxygen atoms in total. The van der Waals surface area contributed by atoms with E-state index in [1.54, 1.807) is 25.3 Å². The van der Waals surface area contributed by atoms with Crippen molar-refractivity contribution in [3.8, 4) is 0 Å². The van der Waals surface area contributed by atoms with Gasteiger partial charge < -0.3 is 0 Å². The van der Waals surface area contributed by atoms with Crippen molar-refractivity contribution >= 4 is 38.6 Å². The van der Waals surface area contributed by atoms with Gasteiger partial charge in [0.25, 0.3) is 10.0 Å². The SMILES string of the molecule is Cc1cn[nH]c1NS(=O)(=O)c1cccc2c1N=S=N2. The number of nitrogens with zero attached hydrogens (tertiary/aromatic N) is 3. The summed E-state index contributed by atoms with van der Waals surface area (Å²) in [5, 5.41) is 6.37. The Balaban J connectivity index is 2.05. The molecule has 2 aromatic rings. The molecule has 1 aromatic heterocycles. The smallest absolute Gasteiger partial charge is 0.263 e. The van der Waals surface area contributed by atoms with E-state index in [1.807, 2.05) is 0 Å². The average Bonchev–Trinajstić information content (AvgIpc) is 2.98. The Bertz CT molecular complexity index is 818. The number of anilines is 1. The minimum absolute atomic E-state index is 0.104. The van der Waals surface area contributed by atoms with E-state index in [0.717, 1.165) is 11.4 Å². The lowest BCUT2D eigenvalue weighted by Crippen LogP contribution is -2.14. The standard InChI is InChI=1S/C10H9N5O2S2/c1-6-5-11-12-10(6)15-19(16,17)8-4-2-3-7-9(8)14-18-13-7/h2-5H,1H3,(H2,11,12,15). The maximum Gasteiger partial charge on any atom is 0.265 e. The van der Waals surface area contributed by atoms with E-state index < -0.39 is 10.0 Å². The predicted octanol–water partition coefficient (Wildman–Crippen LogP) is 2.25. The zero-order chi connectivity index (χ0) is 13.5. The fourth-order valence-electron chi connectivity index (χ4n) is 1.64. The first-order valence-corrected chi connectivity index (χ1v) is 7.53.